The number of hydrogen-bond donors (Lipinski definition) is 1. The van der Waals surface area contributed by atoms with Gasteiger partial charge in [-0.1, -0.05) is 6.07 Å². The predicted octanol–water partition coefficient (Wildman–Crippen LogP) is 3.10. The minimum Gasteiger partial charge on any atom is -0.293 e. The highest BCUT2D eigenvalue weighted by atomic mass is 19.4. The molecule has 1 N–H and O–H groups in total. The van der Waals surface area contributed by atoms with Crippen LogP contribution in [0.1, 0.15) is 16.8 Å². The second kappa shape index (κ2) is 5.73. The van der Waals surface area contributed by atoms with Crippen molar-refractivity contribution >= 4 is 5.69 Å². The quantitative estimate of drug-likeness (QED) is 0.522. The zero-order valence-electron chi connectivity index (χ0n) is 12.0. The molecule has 0 aliphatic rings. The Kier molecular flexibility index (Phi) is 4.21. The summed E-state index contributed by atoms with van der Waals surface area (Å²) < 4.78 is 63.9. The highest BCUT2D eigenvalue weighted by Gasteiger charge is 2.60. The summed E-state index contributed by atoms with van der Waals surface area (Å²) in [5, 5.41) is 12.4. The summed E-state index contributed by atoms with van der Waals surface area (Å²) >= 11 is 0. The zero-order chi connectivity index (χ0) is 18.3. The molecule has 1 heterocycles. The van der Waals surface area contributed by atoms with Crippen molar-refractivity contribution in [2.45, 2.75) is 25.6 Å². The van der Waals surface area contributed by atoms with E-state index in [9.17, 15) is 36.9 Å². The van der Waals surface area contributed by atoms with Gasteiger partial charge in [-0.05, 0) is 18.6 Å². The Labute approximate surface area is 130 Å². The summed E-state index contributed by atoms with van der Waals surface area (Å²) in [7, 11) is 0. The fourth-order valence-electron chi connectivity index (χ4n) is 2.07. The minimum atomic E-state index is -5.84. The molecule has 0 saturated carbocycles. The first kappa shape index (κ1) is 17.6. The Morgan fingerprint density at radius 1 is 1.21 bits per heavy atom. The van der Waals surface area contributed by atoms with Crippen molar-refractivity contribution in [2.24, 2.45) is 0 Å². The molecule has 1 aromatic carbocycles. The lowest BCUT2D eigenvalue weighted by molar-refractivity contribution is -0.385. The van der Waals surface area contributed by atoms with Crippen molar-refractivity contribution in [3.8, 4) is 0 Å². The van der Waals surface area contributed by atoms with Crippen LogP contribution in [0.5, 0.6) is 0 Å². The molecule has 0 spiro atoms. The van der Waals surface area contributed by atoms with E-state index >= 15 is 0 Å². The Bertz CT molecular complexity index is 838. The van der Waals surface area contributed by atoms with Crippen molar-refractivity contribution in [3.63, 3.8) is 0 Å². The molecule has 0 unspecified atom stereocenters. The van der Waals surface area contributed by atoms with E-state index in [1.165, 1.54) is 19.1 Å². The summed E-state index contributed by atoms with van der Waals surface area (Å²) in [6.07, 6.45) is -5.84. The van der Waals surface area contributed by atoms with Gasteiger partial charge in [0, 0.05) is 17.7 Å². The molecule has 0 amide bonds. The molecule has 2 aromatic rings. The van der Waals surface area contributed by atoms with Crippen molar-refractivity contribution in [2.75, 3.05) is 0 Å². The van der Waals surface area contributed by atoms with E-state index in [0.717, 1.165) is 6.07 Å². The molecular formula is C13H10F5N3O3. The third kappa shape index (κ3) is 3.14. The number of aryl methyl sites for hydroxylation is 1. The maximum atomic E-state index is 13.2. The number of nitrogens with zero attached hydrogens (tertiary/aromatic N) is 2. The molecule has 0 bridgehead atoms. The summed E-state index contributed by atoms with van der Waals surface area (Å²) in [4.78, 5) is 21.7. The van der Waals surface area contributed by atoms with Crippen LogP contribution in [0.2, 0.25) is 0 Å². The van der Waals surface area contributed by atoms with Crippen LogP contribution in [0.15, 0.2) is 29.1 Å². The number of halogens is 5. The van der Waals surface area contributed by atoms with Crippen molar-refractivity contribution < 1.29 is 26.9 Å². The molecule has 130 valence electrons. The number of benzene rings is 1. The smallest absolute Gasteiger partial charge is 0.293 e. The first-order chi connectivity index (χ1) is 10.9. The van der Waals surface area contributed by atoms with Crippen molar-refractivity contribution in [1.29, 1.82) is 0 Å². The van der Waals surface area contributed by atoms with Gasteiger partial charge in [0.05, 0.1) is 11.5 Å². The predicted molar refractivity (Wildman–Crippen MR) is 71.9 cm³/mol. The molecule has 0 atom stereocenters. The first-order valence-corrected chi connectivity index (χ1v) is 6.42. The topological polar surface area (TPSA) is 80.9 Å². The van der Waals surface area contributed by atoms with Gasteiger partial charge in [0.1, 0.15) is 5.69 Å². The second-order valence-corrected chi connectivity index (χ2v) is 5.04. The number of aromatic nitrogens is 2. The molecule has 0 fully saturated rings. The lowest BCUT2D eigenvalue weighted by atomic mass is 10.1. The number of nitro groups is 1. The number of H-pyrrole nitrogens is 1. The Morgan fingerprint density at radius 3 is 2.33 bits per heavy atom. The molecule has 0 radical (unpaired) electrons. The van der Waals surface area contributed by atoms with E-state index < -0.39 is 28.3 Å². The van der Waals surface area contributed by atoms with Crippen LogP contribution in [-0.4, -0.2) is 20.9 Å². The average Bonchev–Trinajstić information content (AvgIpc) is 2.79. The van der Waals surface area contributed by atoms with E-state index in [0.29, 0.717) is 10.2 Å². The van der Waals surface area contributed by atoms with Crippen LogP contribution in [0.25, 0.3) is 0 Å². The van der Waals surface area contributed by atoms with Gasteiger partial charge in [0.15, 0.2) is 0 Å². The van der Waals surface area contributed by atoms with Crippen LogP contribution in [0.3, 0.4) is 0 Å². The SMILES string of the molecule is Cc1cc(Cn2[nH]c(C(F)(F)C(F)(F)F)cc2=O)ccc1[N+](=O)[O-]. The van der Waals surface area contributed by atoms with Gasteiger partial charge >= 0.3 is 12.1 Å². The van der Waals surface area contributed by atoms with Crippen molar-refractivity contribution in [1.82, 2.24) is 9.78 Å². The van der Waals surface area contributed by atoms with Gasteiger partial charge in [-0.25, -0.2) is 4.68 Å². The number of hydrogen-bond acceptors (Lipinski definition) is 3. The van der Waals surface area contributed by atoms with E-state index in [1.54, 1.807) is 5.10 Å². The summed E-state index contributed by atoms with van der Waals surface area (Å²) in [5.74, 6) is -5.19. The van der Waals surface area contributed by atoms with Gasteiger partial charge in [0.2, 0.25) is 0 Å². The molecule has 6 nitrogen and oxygen atoms in total. The number of aromatic amines is 1. The highest BCUT2D eigenvalue weighted by molar-refractivity contribution is 5.41. The molecule has 24 heavy (non-hydrogen) atoms. The molecule has 1 aromatic heterocycles. The minimum absolute atomic E-state index is 0.172. The highest BCUT2D eigenvalue weighted by Crippen LogP contribution is 2.42. The molecular weight excluding hydrogens is 341 g/mol. The molecule has 0 aliphatic heterocycles. The maximum absolute atomic E-state index is 13.2. The summed E-state index contributed by atoms with van der Waals surface area (Å²) in [6, 6.07) is 3.95. The number of nitrogens with one attached hydrogen (secondary N) is 1. The molecule has 0 aliphatic carbocycles. The maximum Gasteiger partial charge on any atom is 0.459 e. The summed E-state index contributed by atoms with van der Waals surface area (Å²) in [5.41, 5.74) is -2.24. The van der Waals surface area contributed by atoms with Crippen molar-refractivity contribution in [3.05, 3.63) is 61.6 Å². The fourth-order valence-corrected chi connectivity index (χ4v) is 2.07. The zero-order valence-corrected chi connectivity index (χ0v) is 12.0. The van der Waals surface area contributed by atoms with Crippen LogP contribution in [-0.2, 0) is 12.5 Å². The normalized spacial score (nSPS) is 12.4. The van der Waals surface area contributed by atoms with Gasteiger partial charge in [-0.3, -0.25) is 20.0 Å². The van der Waals surface area contributed by atoms with Crippen LogP contribution in [0.4, 0.5) is 27.6 Å². The fraction of sp³-hybridized carbons (Fsp3) is 0.308. The Hall–Kier alpha value is -2.72. The molecule has 11 heteroatoms. The first-order valence-electron chi connectivity index (χ1n) is 6.42. The van der Waals surface area contributed by atoms with Gasteiger partial charge < -0.3 is 0 Å². The monoisotopic (exact) mass is 351 g/mol. The van der Waals surface area contributed by atoms with E-state index in [2.05, 4.69) is 0 Å². The Morgan fingerprint density at radius 2 is 1.83 bits per heavy atom. The number of rotatable bonds is 4. The largest absolute Gasteiger partial charge is 0.459 e. The number of nitro benzene ring substituents is 1. The molecule has 2 rings (SSSR count). The molecule has 0 saturated heterocycles. The second-order valence-electron chi connectivity index (χ2n) is 5.04. The van der Waals surface area contributed by atoms with E-state index in [-0.39, 0.29) is 23.9 Å². The lowest BCUT2D eigenvalue weighted by Crippen LogP contribution is -2.34. The standard InChI is InChI=1S/C13H10F5N3O3/c1-7-4-8(2-3-9(7)21(23)24)6-20-11(22)5-10(19-20)12(14,15)13(16,17)18/h2-5,19H,6H2,1H3. The van der Waals surface area contributed by atoms with Gasteiger partial charge in [0.25, 0.3) is 11.2 Å². The van der Waals surface area contributed by atoms with E-state index in [1.807, 2.05) is 0 Å². The Balaban J connectivity index is 2.34. The van der Waals surface area contributed by atoms with Crippen LogP contribution < -0.4 is 5.56 Å². The van der Waals surface area contributed by atoms with E-state index in [4.69, 9.17) is 0 Å². The third-order valence-electron chi connectivity index (χ3n) is 3.28. The van der Waals surface area contributed by atoms with Gasteiger partial charge in [-0.15, -0.1) is 0 Å². The van der Waals surface area contributed by atoms with Crippen LogP contribution in [0, 0.1) is 17.0 Å². The number of alkyl halides is 5. The van der Waals surface area contributed by atoms with Gasteiger partial charge in [-0.2, -0.15) is 22.0 Å². The summed E-state index contributed by atoms with van der Waals surface area (Å²) in [6.45, 7) is 1.09. The van der Waals surface area contributed by atoms with Crippen LogP contribution >= 0.6 is 0 Å². The third-order valence-corrected chi connectivity index (χ3v) is 3.28. The lowest BCUT2D eigenvalue weighted by Gasteiger charge is -2.17. The average molecular weight is 351 g/mol.